The van der Waals surface area contributed by atoms with Crippen LogP contribution in [0.4, 0.5) is 4.39 Å². The lowest BCUT2D eigenvalue weighted by atomic mass is 10.1. The predicted molar refractivity (Wildman–Crippen MR) is 109 cm³/mol. The molecule has 1 N–H and O–H groups in total. The van der Waals surface area contributed by atoms with Crippen LogP contribution in [-0.4, -0.2) is 54.2 Å². The molecule has 2 aliphatic heterocycles. The molecule has 2 heterocycles. The topological polar surface area (TPSA) is 58.6 Å². The Balaban J connectivity index is 1.50. The molecule has 0 aliphatic carbocycles. The summed E-state index contributed by atoms with van der Waals surface area (Å²) in [6.07, 6.45) is 9.54. The highest BCUT2D eigenvalue weighted by Gasteiger charge is 2.39. The zero-order valence-electron chi connectivity index (χ0n) is 16.9. The van der Waals surface area contributed by atoms with Crippen LogP contribution in [0.15, 0.2) is 24.3 Å². The molecule has 1 aromatic carbocycles. The first kappa shape index (κ1) is 21.3. The van der Waals surface area contributed by atoms with Gasteiger partial charge < -0.3 is 15.0 Å². The molecule has 3 rings (SSSR count). The molecule has 29 heavy (non-hydrogen) atoms. The fourth-order valence-corrected chi connectivity index (χ4v) is 3.97. The van der Waals surface area contributed by atoms with Crippen molar-refractivity contribution in [3.8, 4) is 12.3 Å². The molecule has 2 fully saturated rings. The molecule has 0 aromatic heterocycles. The highest BCUT2D eigenvalue weighted by atomic mass is 19.1. The second-order valence-corrected chi connectivity index (χ2v) is 7.88. The van der Waals surface area contributed by atoms with Crippen molar-refractivity contribution in [3.05, 3.63) is 35.4 Å². The molecule has 2 saturated heterocycles. The monoisotopic (exact) mass is 400 g/mol. The van der Waals surface area contributed by atoms with Gasteiger partial charge in [-0.05, 0) is 43.5 Å². The number of carbonyl (C=O) groups is 2. The van der Waals surface area contributed by atoms with Crippen molar-refractivity contribution >= 4 is 11.8 Å². The first-order chi connectivity index (χ1) is 14.0. The number of rotatable bonds is 7. The summed E-state index contributed by atoms with van der Waals surface area (Å²) in [4.78, 5) is 26.6. The maximum atomic E-state index is 14.5. The van der Waals surface area contributed by atoms with Crippen molar-refractivity contribution < 1.29 is 18.7 Å². The number of unbranched alkanes of at least 4 members (excludes halogenated alkanes) is 2. The third-order valence-electron chi connectivity index (χ3n) is 5.69. The number of halogens is 1. The number of nitrogens with one attached hydrogen (secondary N) is 1. The molecule has 1 aromatic rings. The Kier molecular flexibility index (Phi) is 7.27. The third kappa shape index (κ3) is 5.36. The van der Waals surface area contributed by atoms with E-state index in [2.05, 4.69) is 18.2 Å². The molecule has 2 amide bonds. The van der Waals surface area contributed by atoms with Gasteiger partial charge in [-0.3, -0.25) is 9.59 Å². The summed E-state index contributed by atoms with van der Waals surface area (Å²) in [6, 6.07) is 5.94. The summed E-state index contributed by atoms with van der Waals surface area (Å²) in [5.74, 6) is 1.96. The fourth-order valence-electron chi connectivity index (χ4n) is 3.97. The highest BCUT2D eigenvalue weighted by Crippen LogP contribution is 2.25. The quantitative estimate of drug-likeness (QED) is 0.565. The predicted octanol–water partition coefficient (Wildman–Crippen LogP) is 3.07. The van der Waals surface area contributed by atoms with Crippen LogP contribution >= 0.6 is 0 Å². The van der Waals surface area contributed by atoms with E-state index >= 15 is 0 Å². The summed E-state index contributed by atoms with van der Waals surface area (Å²) in [5.41, 5.74) is 1.14. The van der Waals surface area contributed by atoms with Crippen LogP contribution in [-0.2, 0) is 9.53 Å². The SMILES string of the molecule is C#Cc1ccc(C(=O)N2C[C@H](F)[C@H](NC(=O)[C@H]3CC[C@@H](CCCCC)O3)C2)cc1. The van der Waals surface area contributed by atoms with Crippen LogP contribution in [0, 0.1) is 12.3 Å². The average Bonchev–Trinajstić information content (AvgIpc) is 3.35. The van der Waals surface area contributed by atoms with Crippen molar-refractivity contribution in [1.82, 2.24) is 10.2 Å². The minimum absolute atomic E-state index is 0.0359. The van der Waals surface area contributed by atoms with E-state index in [1.54, 1.807) is 24.3 Å². The standard InChI is InChI=1S/C23H29FN2O3/c1-3-5-6-7-18-12-13-21(29-18)22(27)25-20-15-26(14-19(20)24)23(28)17-10-8-16(4-2)9-11-17/h2,8-11,18-21H,3,5-7,12-15H2,1H3,(H,25,27)/t18-,19+,20-,21-/m1/s1. The first-order valence-corrected chi connectivity index (χ1v) is 10.5. The lowest BCUT2D eigenvalue weighted by Crippen LogP contribution is -2.46. The molecule has 4 atom stereocenters. The van der Waals surface area contributed by atoms with Gasteiger partial charge >= 0.3 is 0 Å². The van der Waals surface area contributed by atoms with Crippen molar-refractivity contribution in [1.29, 1.82) is 0 Å². The Hall–Kier alpha value is -2.39. The minimum Gasteiger partial charge on any atom is -0.365 e. The molecule has 0 radical (unpaired) electrons. The molecule has 156 valence electrons. The number of hydrogen-bond acceptors (Lipinski definition) is 3. The zero-order valence-corrected chi connectivity index (χ0v) is 16.9. The maximum absolute atomic E-state index is 14.5. The normalized spacial score (nSPS) is 26.3. The Morgan fingerprint density at radius 2 is 2.00 bits per heavy atom. The van der Waals surface area contributed by atoms with Gasteiger partial charge in [-0.1, -0.05) is 32.1 Å². The van der Waals surface area contributed by atoms with Gasteiger partial charge in [-0.25, -0.2) is 4.39 Å². The highest BCUT2D eigenvalue weighted by molar-refractivity contribution is 5.94. The molecule has 6 heteroatoms. The second kappa shape index (κ2) is 9.89. The Bertz CT molecular complexity index is 758. The summed E-state index contributed by atoms with van der Waals surface area (Å²) < 4.78 is 20.3. The van der Waals surface area contributed by atoms with Gasteiger partial charge in [0.2, 0.25) is 5.91 Å². The number of nitrogens with zero attached hydrogens (tertiary/aromatic N) is 1. The van der Waals surface area contributed by atoms with Gasteiger partial charge in [0.25, 0.3) is 5.91 Å². The number of carbonyl (C=O) groups excluding carboxylic acids is 2. The summed E-state index contributed by atoms with van der Waals surface area (Å²) in [7, 11) is 0. The van der Waals surface area contributed by atoms with E-state index in [1.165, 1.54) is 4.90 Å². The fraction of sp³-hybridized carbons (Fsp3) is 0.565. The molecule has 0 bridgehead atoms. The Labute approximate surface area is 172 Å². The van der Waals surface area contributed by atoms with E-state index in [1.807, 2.05) is 0 Å². The zero-order chi connectivity index (χ0) is 20.8. The number of amides is 2. The molecular formula is C23H29FN2O3. The van der Waals surface area contributed by atoms with E-state index in [9.17, 15) is 14.0 Å². The molecule has 2 aliphatic rings. The van der Waals surface area contributed by atoms with E-state index in [0.29, 0.717) is 17.5 Å². The van der Waals surface area contributed by atoms with Crippen LogP contribution in [0.1, 0.15) is 61.4 Å². The Morgan fingerprint density at radius 1 is 1.24 bits per heavy atom. The lowest BCUT2D eigenvalue weighted by molar-refractivity contribution is -0.133. The number of ether oxygens (including phenoxy) is 1. The van der Waals surface area contributed by atoms with Crippen LogP contribution < -0.4 is 5.32 Å². The van der Waals surface area contributed by atoms with Gasteiger partial charge in [-0.2, -0.15) is 0 Å². The van der Waals surface area contributed by atoms with Gasteiger partial charge in [0, 0.05) is 17.7 Å². The first-order valence-electron chi connectivity index (χ1n) is 10.5. The van der Waals surface area contributed by atoms with Gasteiger partial charge in [0.15, 0.2) is 0 Å². The largest absolute Gasteiger partial charge is 0.365 e. The summed E-state index contributed by atoms with van der Waals surface area (Å²) in [5, 5.41) is 2.75. The number of likely N-dealkylation sites (tertiary alicyclic amines) is 1. The van der Waals surface area contributed by atoms with E-state index in [4.69, 9.17) is 11.2 Å². The molecule has 5 nitrogen and oxygen atoms in total. The van der Waals surface area contributed by atoms with Gasteiger partial charge in [0.05, 0.1) is 18.7 Å². The maximum Gasteiger partial charge on any atom is 0.254 e. The molecular weight excluding hydrogens is 371 g/mol. The van der Waals surface area contributed by atoms with Crippen molar-refractivity contribution in [2.45, 2.75) is 69.9 Å². The van der Waals surface area contributed by atoms with Crippen LogP contribution in [0.5, 0.6) is 0 Å². The number of terminal acetylenes is 1. The van der Waals surface area contributed by atoms with Crippen LogP contribution in [0.3, 0.4) is 0 Å². The Morgan fingerprint density at radius 3 is 2.69 bits per heavy atom. The summed E-state index contributed by atoms with van der Waals surface area (Å²) >= 11 is 0. The minimum atomic E-state index is -1.30. The third-order valence-corrected chi connectivity index (χ3v) is 5.69. The van der Waals surface area contributed by atoms with Gasteiger partial charge in [-0.15, -0.1) is 6.42 Å². The second-order valence-electron chi connectivity index (χ2n) is 7.88. The van der Waals surface area contributed by atoms with Crippen molar-refractivity contribution in [3.63, 3.8) is 0 Å². The van der Waals surface area contributed by atoms with Crippen molar-refractivity contribution in [2.24, 2.45) is 0 Å². The van der Waals surface area contributed by atoms with E-state index in [0.717, 1.165) is 32.1 Å². The van der Waals surface area contributed by atoms with Gasteiger partial charge in [0.1, 0.15) is 12.3 Å². The average molecular weight is 400 g/mol. The number of benzene rings is 1. The molecule has 0 spiro atoms. The van der Waals surface area contributed by atoms with Crippen molar-refractivity contribution in [2.75, 3.05) is 13.1 Å². The van der Waals surface area contributed by atoms with Crippen LogP contribution in [0.25, 0.3) is 0 Å². The van der Waals surface area contributed by atoms with E-state index < -0.39 is 18.3 Å². The van der Waals surface area contributed by atoms with E-state index in [-0.39, 0.29) is 31.0 Å². The van der Waals surface area contributed by atoms with Crippen LogP contribution in [0.2, 0.25) is 0 Å². The number of alkyl halides is 1. The summed E-state index contributed by atoms with van der Waals surface area (Å²) in [6.45, 7) is 2.27. The number of hydrogen-bond donors (Lipinski definition) is 1. The lowest BCUT2D eigenvalue weighted by Gasteiger charge is -2.19. The molecule has 0 unspecified atom stereocenters. The molecule has 0 saturated carbocycles. The smallest absolute Gasteiger partial charge is 0.254 e.